The molecule has 0 heterocycles. The quantitative estimate of drug-likeness (QED) is 0.875. The molecule has 7 heteroatoms. The van der Waals surface area contributed by atoms with Crippen LogP contribution < -0.4 is 9.62 Å². The molecule has 0 aliphatic carbocycles. The van der Waals surface area contributed by atoms with Crippen molar-refractivity contribution in [3.05, 3.63) is 60.2 Å². The summed E-state index contributed by atoms with van der Waals surface area (Å²) >= 11 is 0. The number of carbonyl (C=O) groups is 1. The second kappa shape index (κ2) is 7.58. The molecule has 0 unspecified atom stereocenters. The highest BCUT2D eigenvalue weighted by Crippen LogP contribution is 2.25. The Kier molecular flexibility index (Phi) is 5.68. The van der Waals surface area contributed by atoms with E-state index in [2.05, 4.69) is 5.32 Å². The predicted molar refractivity (Wildman–Crippen MR) is 100 cm³/mol. The molecule has 2 aromatic carbocycles. The topological polar surface area (TPSA) is 90.3 Å². The van der Waals surface area contributed by atoms with Crippen LogP contribution in [0.1, 0.15) is 26.3 Å². The van der Waals surface area contributed by atoms with Gasteiger partial charge in [-0.15, -0.1) is 0 Å². The van der Waals surface area contributed by atoms with Crippen molar-refractivity contribution >= 4 is 21.6 Å². The molecule has 1 N–H and O–H groups in total. The van der Waals surface area contributed by atoms with Crippen molar-refractivity contribution in [2.75, 3.05) is 10.8 Å². The molecule has 0 saturated heterocycles. The molecular formula is C19H21N3O3S. The van der Waals surface area contributed by atoms with E-state index >= 15 is 0 Å². The Morgan fingerprint density at radius 1 is 1.08 bits per heavy atom. The van der Waals surface area contributed by atoms with E-state index in [4.69, 9.17) is 0 Å². The number of amides is 1. The number of hydrogen-bond donors (Lipinski definition) is 1. The molecule has 2 rings (SSSR count). The lowest BCUT2D eigenvalue weighted by Crippen LogP contribution is -2.47. The summed E-state index contributed by atoms with van der Waals surface area (Å²) in [6.07, 6.45) is 0. The Morgan fingerprint density at radius 2 is 1.65 bits per heavy atom. The lowest BCUT2D eigenvalue weighted by atomic mass is 10.1. The van der Waals surface area contributed by atoms with Gasteiger partial charge in [0.15, 0.2) is 0 Å². The van der Waals surface area contributed by atoms with Gasteiger partial charge in [0.05, 0.1) is 11.3 Å². The van der Waals surface area contributed by atoms with Crippen LogP contribution in [0.3, 0.4) is 0 Å². The molecule has 0 aliphatic heterocycles. The largest absolute Gasteiger partial charge is 0.350 e. The first-order valence-electron chi connectivity index (χ1n) is 8.03. The fourth-order valence-corrected chi connectivity index (χ4v) is 3.97. The van der Waals surface area contributed by atoms with Crippen LogP contribution in [0.4, 0.5) is 5.69 Å². The van der Waals surface area contributed by atoms with E-state index in [0.29, 0.717) is 5.69 Å². The number of rotatable bonds is 5. The van der Waals surface area contributed by atoms with Gasteiger partial charge in [0.2, 0.25) is 5.91 Å². The molecule has 0 fully saturated rings. The highest BCUT2D eigenvalue weighted by molar-refractivity contribution is 7.93. The summed E-state index contributed by atoms with van der Waals surface area (Å²) in [5.41, 5.74) is -0.109. The van der Waals surface area contributed by atoms with Crippen molar-refractivity contribution in [1.82, 2.24) is 5.32 Å². The Hall–Kier alpha value is -2.85. The van der Waals surface area contributed by atoms with E-state index < -0.39 is 21.5 Å². The molecule has 6 nitrogen and oxygen atoms in total. The Bertz CT molecular complexity index is 926. The first-order chi connectivity index (χ1) is 12.1. The molecule has 1 amide bonds. The van der Waals surface area contributed by atoms with Gasteiger partial charge < -0.3 is 5.32 Å². The maximum absolute atomic E-state index is 13.2. The van der Waals surface area contributed by atoms with Crippen LogP contribution in [0.5, 0.6) is 0 Å². The maximum atomic E-state index is 13.2. The normalized spacial score (nSPS) is 11.5. The van der Waals surface area contributed by atoms with Gasteiger partial charge in [-0.25, -0.2) is 8.42 Å². The van der Waals surface area contributed by atoms with Crippen molar-refractivity contribution in [3.8, 4) is 6.07 Å². The standard InChI is InChI=1S/C19H21N3O3S/c1-19(2,3)21-18(23)14-22(16-10-5-4-6-11-16)26(24,25)17-12-8-7-9-15(17)13-20/h4-12H,14H2,1-3H3,(H,21,23). The van der Waals surface area contributed by atoms with Gasteiger partial charge in [0, 0.05) is 5.54 Å². The van der Waals surface area contributed by atoms with Crippen LogP contribution in [0.25, 0.3) is 0 Å². The SMILES string of the molecule is CC(C)(C)NC(=O)CN(c1ccccc1)S(=O)(=O)c1ccccc1C#N. The minimum absolute atomic E-state index is 0.0321. The summed E-state index contributed by atoms with van der Waals surface area (Å²) in [6, 6.07) is 16.2. The molecule has 26 heavy (non-hydrogen) atoms. The van der Waals surface area contributed by atoms with Crippen molar-refractivity contribution in [2.24, 2.45) is 0 Å². The summed E-state index contributed by atoms with van der Waals surface area (Å²) in [7, 11) is -4.10. The number of anilines is 1. The lowest BCUT2D eigenvalue weighted by Gasteiger charge is -2.27. The van der Waals surface area contributed by atoms with Crippen molar-refractivity contribution < 1.29 is 13.2 Å². The summed E-state index contributed by atoms with van der Waals surface area (Å²) < 4.78 is 27.4. The van der Waals surface area contributed by atoms with Crippen molar-refractivity contribution in [2.45, 2.75) is 31.2 Å². The zero-order valence-corrected chi connectivity index (χ0v) is 15.7. The average Bonchev–Trinajstić information content (AvgIpc) is 2.58. The summed E-state index contributed by atoms with van der Waals surface area (Å²) in [4.78, 5) is 12.3. The van der Waals surface area contributed by atoms with Gasteiger partial charge in [-0.1, -0.05) is 30.3 Å². The third-order valence-corrected chi connectivity index (χ3v) is 5.25. The molecule has 136 valence electrons. The Balaban J connectivity index is 2.50. The molecule has 0 spiro atoms. The van der Waals surface area contributed by atoms with E-state index in [9.17, 15) is 18.5 Å². The average molecular weight is 371 g/mol. The summed E-state index contributed by atoms with van der Waals surface area (Å²) in [5, 5.41) is 12.0. The zero-order valence-electron chi connectivity index (χ0n) is 14.9. The molecule has 0 aromatic heterocycles. The number of nitrogens with one attached hydrogen (secondary N) is 1. The maximum Gasteiger partial charge on any atom is 0.266 e. The van der Waals surface area contributed by atoms with Crippen LogP contribution in [0.2, 0.25) is 0 Å². The smallest absolute Gasteiger partial charge is 0.266 e. The number of sulfonamides is 1. The van der Waals surface area contributed by atoms with E-state index in [0.717, 1.165) is 4.31 Å². The predicted octanol–water partition coefficient (Wildman–Crippen LogP) is 2.67. The van der Waals surface area contributed by atoms with E-state index in [-0.39, 0.29) is 17.0 Å². The van der Waals surface area contributed by atoms with Crippen LogP contribution in [0, 0.1) is 11.3 Å². The van der Waals surface area contributed by atoms with E-state index in [1.54, 1.807) is 42.5 Å². The van der Waals surface area contributed by atoms with Gasteiger partial charge in [0.25, 0.3) is 10.0 Å². The van der Waals surface area contributed by atoms with Gasteiger partial charge in [0.1, 0.15) is 17.5 Å². The molecule has 0 aliphatic rings. The Morgan fingerprint density at radius 3 is 2.23 bits per heavy atom. The van der Waals surface area contributed by atoms with Gasteiger partial charge in [-0.3, -0.25) is 9.10 Å². The van der Waals surface area contributed by atoms with Crippen LogP contribution in [0.15, 0.2) is 59.5 Å². The summed E-state index contributed by atoms with van der Waals surface area (Å²) in [6.45, 7) is 5.06. The number of nitrogens with zero attached hydrogens (tertiary/aromatic N) is 2. The van der Waals surface area contributed by atoms with Gasteiger partial charge in [-0.2, -0.15) is 5.26 Å². The van der Waals surface area contributed by atoms with Crippen molar-refractivity contribution in [3.63, 3.8) is 0 Å². The molecule has 0 radical (unpaired) electrons. The second-order valence-corrected chi connectivity index (χ2v) is 8.58. The van der Waals surface area contributed by atoms with Crippen molar-refractivity contribution in [1.29, 1.82) is 5.26 Å². The van der Waals surface area contributed by atoms with Gasteiger partial charge >= 0.3 is 0 Å². The highest BCUT2D eigenvalue weighted by atomic mass is 32.2. The lowest BCUT2D eigenvalue weighted by molar-refractivity contribution is -0.121. The molecule has 0 saturated carbocycles. The molecular weight excluding hydrogens is 350 g/mol. The number of benzene rings is 2. The number of carbonyl (C=O) groups excluding carboxylic acids is 1. The third-order valence-electron chi connectivity index (χ3n) is 3.42. The summed E-state index contributed by atoms with van der Waals surface area (Å²) in [5.74, 6) is -0.431. The van der Waals surface area contributed by atoms with Crippen LogP contribution in [-0.2, 0) is 14.8 Å². The molecule has 2 aromatic rings. The first-order valence-corrected chi connectivity index (χ1v) is 9.47. The molecule has 0 bridgehead atoms. The highest BCUT2D eigenvalue weighted by Gasteiger charge is 2.30. The Labute approximate surface area is 154 Å². The van der Waals surface area contributed by atoms with Crippen LogP contribution >= 0.6 is 0 Å². The third kappa shape index (κ3) is 4.61. The minimum atomic E-state index is -4.10. The van der Waals surface area contributed by atoms with Crippen LogP contribution in [-0.4, -0.2) is 26.4 Å². The fraction of sp³-hybridized carbons (Fsp3) is 0.263. The monoisotopic (exact) mass is 371 g/mol. The second-order valence-electron chi connectivity index (χ2n) is 6.75. The van der Waals surface area contributed by atoms with E-state index in [1.165, 1.54) is 12.1 Å². The fourth-order valence-electron chi connectivity index (χ4n) is 2.40. The molecule has 0 atom stereocenters. The minimum Gasteiger partial charge on any atom is -0.350 e. The van der Waals surface area contributed by atoms with E-state index in [1.807, 2.05) is 26.8 Å². The number of para-hydroxylation sites is 1. The number of nitriles is 1. The van der Waals surface area contributed by atoms with Gasteiger partial charge in [-0.05, 0) is 45.0 Å². The number of hydrogen-bond acceptors (Lipinski definition) is 4. The first kappa shape index (κ1) is 19.5. The zero-order chi connectivity index (χ0) is 19.4.